The summed E-state index contributed by atoms with van der Waals surface area (Å²) in [5, 5.41) is 7.61. The molecule has 3 N–H and O–H groups in total. The monoisotopic (exact) mass is 405 g/mol. The van der Waals surface area contributed by atoms with Crippen molar-refractivity contribution in [3.8, 4) is 5.75 Å². The number of hydrogen-bond acceptors (Lipinski definition) is 3. The molecular weight excluding hydrogens is 387 g/mol. The quantitative estimate of drug-likeness (QED) is 0.723. The van der Waals surface area contributed by atoms with Gasteiger partial charge in [-0.2, -0.15) is 13.2 Å². The molecule has 0 spiro atoms. The Morgan fingerprint density at radius 1 is 1.17 bits per heavy atom. The van der Waals surface area contributed by atoms with Crippen LogP contribution < -0.4 is 20.7 Å². The molecule has 9 heteroatoms. The Hall–Kier alpha value is -3.49. The minimum Gasteiger partial charge on any atom is -0.495 e. The Morgan fingerprint density at radius 3 is 2.59 bits per heavy atom. The van der Waals surface area contributed by atoms with Gasteiger partial charge in [-0.05, 0) is 29.8 Å². The van der Waals surface area contributed by atoms with Crippen LogP contribution in [0.15, 0.2) is 60.8 Å². The van der Waals surface area contributed by atoms with Crippen molar-refractivity contribution >= 4 is 17.6 Å². The van der Waals surface area contributed by atoms with Crippen LogP contribution in [0.5, 0.6) is 5.75 Å². The second-order valence-corrected chi connectivity index (χ2v) is 6.39. The van der Waals surface area contributed by atoms with Crippen LogP contribution in [0.1, 0.15) is 17.2 Å². The smallest absolute Gasteiger partial charge is 0.416 e. The fourth-order valence-electron chi connectivity index (χ4n) is 3.14. The van der Waals surface area contributed by atoms with Gasteiger partial charge in [0.1, 0.15) is 11.7 Å². The third kappa shape index (κ3) is 4.34. The number of para-hydroxylation sites is 2. The van der Waals surface area contributed by atoms with Crippen LogP contribution in [0.4, 0.5) is 23.7 Å². The molecule has 0 bridgehead atoms. The summed E-state index contributed by atoms with van der Waals surface area (Å²) in [6.07, 6.45) is -4.56. The van der Waals surface area contributed by atoms with E-state index in [9.17, 15) is 22.8 Å². The number of amides is 3. The van der Waals surface area contributed by atoms with Crippen molar-refractivity contribution in [2.24, 2.45) is 5.92 Å². The van der Waals surface area contributed by atoms with Crippen LogP contribution >= 0.6 is 0 Å². The Kier molecular flexibility index (Phi) is 5.49. The van der Waals surface area contributed by atoms with Crippen molar-refractivity contribution in [3.63, 3.8) is 0 Å². The minimum atomic E-state index is -4.56. The normalized spacial score (nSPS) is 19.2. The lowest BCUT2D eigenvalue weighted by Gasteiger charge is -2.34. The van der Waals surface area contributed by atoms with Crippen molar-refractivity contribution in [3.05, 3.63) is 71.9 Å². The summed E-state index contributed by atoms with van der Waals surface area (Å²) in [7, 11) is 1.44. The number of alkyl halides is 3. The van der Waals surface area contributed by atoms with E-state index in [-0.39, 0.29) is 11.3 Å². The summed E-state index contributed by atoms with van der Waals surface area (Å²) in [5.74, 6) is -1.20. The van der Waals surface area contributed by atoms with Gasteiger partial charge in [0.2, 0.25) is 5.91 Å². The van der Waals surface area contributed by atoms with E-state index < -0.39 is 35.6 Å². The van der Waals surface area contributed by atoms with Gasteiger partial charge in [0.05, 0.1) is 24.4 Å². The molecule has 2 aromatic rings. The topological polar surface area (TPSA) is 79.5 Å². The van der Waals surface area contributed by atoms with E-state index in [4.69, 9.17) is 4.74 Å². The Balaban J connectivity index is 1.95. The minimum absolute atomic E-state index is 0.0727. The predicted octanol–water partition coefficient (Wildman–Crippen LogP) is 3.84. The van der Waals surface area contributed by atoms with Crippen LogP contribution in [0.3, 0.4) is 0 Å². The average molecular weight is 405 g/mol. The molecule has 29 heavy (non-hydrogen) atoms. The van der Waals surface area contributed by atoms with Gasteiger partial charge in [0, 0.05) is 5.70 Å². The predicted molar refractivity (Wildman–Crippen MR) is 100 cm³/mol. The summed E-state index contributed by atoms with van der Waals surface area (Å²) in [4.78, 5) is 24.9. The molecule has 3 rings (SSSR count). The Bertz CT molecular complexity index is 959. The van der Waals surface area contributed by atoms with E-state index in [1.807, 2.05) is 0 Å². The highest BCUT2D eigenvalue weighted by molar-refractivity contribution is 5.98. The maximum absolute atomic E-state index is 13.1. The molecule has 1 fully saturated rings. The van der Waals surface area contributed by atoms with Gasteiger partial charge in [0.25, 0.3) is 0 Å². The highest BCUT2D eigenvalue weighted by atomic mass is 19.4. The molecule has 2 atom stereocenters. The molecule has 0 saturated carbocycles. The lowest BCUT2D eigenvalue weighted by Crippen LogP contribution is -2.51. The van der Waals surface area contributed by atoms with Crippen LogP contribution in [0.2, 0.25) is 0 Å². The lowest BCUT2D eigenvalue weighted by molar-refractivity contribution is -0.137. The number of carbonyl (C=O) groups is 2. The van der Waals surface area contributed by atoms with Crippen molar-refractivity contribution < 1.29 is 27.5 Å². The summed E-state index contributed by atoms with van der Waals surface area (Å²) in [6.45, 7) is 3.71. The number of anilines is 1. The Morgan fingerprint density at radius 2 is 1.90 bits per heavy atom. The molecule has 0 radical (unpaired) electrons. The number of benzene rings is 2. The molecule has 1 aliphatic heterocycles. The molecule has 0 aliphatic carbocycles. The maximum Gasteiger partial charge on any atom is 0.416 e. The van der Waals surface area contributed by atoms with E-state index in [1.165, 1.54) is 19.2 Å². The average Bonchev–Trinajstić information content (AvgIpc) is 2.67. The first kappa shape index (κ1) is 20.2. The first-order chi connectivity index (χ1) is 13.7. The highest BCUT2D eigenvalue weighted by Crippen LogP contribution is 2.35. The largest absolute Gasteiger partial charge is 0.495 e. The number of ether oxygens (including phenoxy) is 1. The number of halogens is 3. The fraction of sp³-hybridized carbons (Fsp3) is 0.200. The second-order valence-electron chi connectivity index (χ2n) is 6.39. The van der Waals surface area contributed by atoms with Gasteiger partial charge in [-0.1, -0.05) is 30.8 Å². The van der Waals surface area contributed by atoms with Crippen LogP contribution in [0.25, 0.3) is 0 Å². The molecule has 0 unspecified atom stereocenters. The van der Waals surface area contributed by atoms with E-state index in [0.29, 0.717) is 11.4 Å². The van der Waals surface area contributed by atoms with Crippen LogP contribution in [-0.4, -0.2) is 19.0 Å². The summed E-state index contributed by atoms with van der Waals surface area (Å²) in [5.41, 5.74) is -0.288. The van der Waals surface area contributed by atoms with E-state index in [2.05, 4.69) is 22.5 Å². The van der Waals surface area contributed by atoms with Crippen LogP contribution in [0, 0.1) is 5.92 Å². The van der Waals surface area contributed by atoms with Crippen molar-refractivity contribution in [1.82, 2.24) is 10.6 Å². The summed E-state index contributed by atoms with van der Waals surface area (Å²) >= 11 is 0. The zero-order valence-corrected chi connectivity index (χ0v) is 15.3. The molecule has 0 aromatic heterocycles. The number of rotatable bonds is 4. The molecule has 152 valence electrons. The Labute approximate surface area is 164 Å². The van der Waals surface area contributed by atoms with Crippen molar-refractivity contribution in [2.75, 3.05) is 12.4 Å². The number of hydrogen-bond donors (Lipinski definition) is 3. The molecule has 2 aromatic carbocycles. The number of carbonyl (C=O) groups excluding carboxylic acids is 2. The van der Waals surface area contributed by atoms with E-state index >= 15 is 0 Å². The zero-order chi connectivity index (χ0) is 21.2. The summed E-state index contributed by atoms with van der Waals surface area (Å²) in [6, 6.07) is 9.47. The SMILES string of the molecule is C=C1NC(=O)N[C@@H](c2cccc(C(F)(F)F)c2)[C@H]1C(=O)Nc1ccccc1OC. The van der Waals surface area contributed by atoms with E-state index in [1.54, 1.807) is 24.3 Å². The van der Waals surface area contributed by atoms with E-state index in [0.717, 1.165) is 12.1 Å². The van der Waals surface area contributed by atoms with Crippen molar-refractivity contribution in [1.29, 1.82) is 0 Å². The highest BCUT2D eigenvalue weighted by Gasteiger charge is 2.39. The third-order valence-corrected chi connectivity index (χ3v) is 4.49. The molecular formula is C20H18F3N3O3. The number of nitrogens with one attached hydrogen (secondary N) is 3. The standard InChI is InChI=1S/C20H18F3N3O3/c1-11-16(18(27)25-14-8-3-4-9-15(14)29-2)17(26-19(28)24-11)12-6-5-7-13(10-12)20(21,22)23/h3-10,16-17H,1H2,2H3,(H,25,27)(H2,24,26,28)/t16-,17-/m0/s1. The van der Waals surface area contributed by atoms with Gasteiger partial charge in [-0.15, -0.1) is 0 Å². The van der Waals surface area contributed by atoms with Gasteiger partial charge < -0.3 is 20.7 Å². The number of urea groups is 1. The second kappa shape index (κ2) is 7.86. The van der Waals surface area contributed by atoms with Crippen molar-refractivity contribution in [2.45, 2.75) is 12.2 Å². The maximum atomic E-state index is 13.1. The van der Waals surface area contributed by atoms with Gasteiger partial charge in [0.15, 0.2) is 0 Å². The molecule has 1 aliphatic rings. The van der Waals surface area contributed by atoms with Gasteiger partial charge in [-0.3, -0.25) is 4.79 Å². The number of methoxy groups -OCH3 is 1. The summed E-state index contributed by atoms with van der Waals surface area (Å²) < 4.78 is 44.5. The lowest BCUT2D eigenvalue weighted by atomic mass is 9.87. The molecule has 3 amide bonds. The molecule has 1 saturated heterocycles. The first-order valence-corrected chi connectivity index (χ1v) is 8.58. The molecule has 1 heterocycles. The van der Waals surface area contributed by atoms with Gasteiger partial charge >= 0.3 is 12.2 Å². The third-order valence-electron chi connectivity index (χ3n) is 4.49. The zero-order valence-electron chi connectivity index (χ0n) is 15.3. The fourth-order valence-corrected chi connectivity index (χ4v) is 3.14. The first-order valence-electron chi connectivity index (χ1n) is 8.58. The van der Waals surface area contributed by atoms with Crippen LogP contribution in [-0.2, 0) is 11.0 Å². The van der Waals surface area contributed by atoms with Gasteiger partial charge in [-0.25, -0.2) is 4.79 Å². The molecule has 6 nitrogen and oxygen atoms in total.